The van der Waals surface area contributed by atoms with E-state index in [0.29, 0.717) is 19.7 Å². The van der Waals surface area contributed by atoms with Gasteiger partial charge >= 0.3 is 0 Å². The van der Waals surface area contributed by atoms with E-state index in [0.717, 1.165) is 61.5 Å². The Kier molecular flexibility index (Phi) is 5.15. The van der Waals surface area contributed by atoms with E-state index in [2.05, 4.69) is 15.3 Å². The van der Waals surface area contributed by atoms with Crippen LogP contribution in [0.3, 0.4) is 0 Å². The van der Waals surface area contributed by atoms with Gasteiger partial charge in [-0.05, 0) is 31.4 Å². The lowest BCUT2D eigenvalue weighted by Gasteiger charge is -2.23. The van der Waals surface area contributed by atoms with Crippen molar-refractivity contribution in [3.05, 3.63) is 41.7 Å². The fourth-order valence-corrected chi connectivity index (χ4v) is 3.63. The molecule has 0 aliphatic carbocycles. The van der Waals surface area contributed by atoms with E-state index in [-0.39, 0.29) is 12.0 Å². The largest absolute Gasteiger partial charge is 0.469 e. The van der Waals surface area contributed by atoms with Gasteiger partial charge in [0.2, 0.25) is 0 Å². The van der Waals surface area contributed by atoms with Crippen LogP contribution in [-0.2, 0) is 28.8 Å². The van der Waals surface area contributed by atoms with Gasteiger partial charge in [-0.2, -0.15) is 0 Å². The van der Waals surface area contributed by atoms with Gasteiger partial charge in [0.05, 0.1) is 12.0 Å². The van der Waals surface area contributed by atoms with Crippen LogP contribution in [0, 0.1) is 0 Å². The number of carbonyl (C=O) groups is 1. The third-order valence-electron chi connectivity index (χ3n) is 5.05. The summed E-state index contributed by atoms with van der Waals surface area (Å²) in [6.45, 7) is 2.82. The standard InChI is InChI=1S/C19H24N4O3/c24-19(17-4-2-12-26-17)23-9-6-15-16(7-10-23)21-13-22-18(15)20-8-5-14-3-1-11-25-14/h1,3,11,13,17H,2,4-10,12H2,(H,20,21,22)/t17-/m1/s1. The number of furan rings is 1. The minimum atomic E-state index is -0.256. The molecule has 7 nitrogen and oxygen atoms in total. The molecule has 1 amide bonds. The number of anilines is 1. The monoisotopic (exact) mass is 356 g/mol. The molecule has 2 aromatic heterocycles. The number of hydrogen-bond donors (Lipinski definition) is 1. The summed E-state index contributed by atoms with van der Waals surface area (Å²) >= 11 is 0. The molecule has 1 atom stereocenters. The molecule has 7 heteroatoms. The first-order chi connectivity index (χ1) is 12.8. The fourth-order valence-electron chi connectivity index (χ4n) is 3.63. The molecule has 0 saturated carbocycles. The third-order valence-corrected chi connectivity index (χ3v) is 5.05. The van der Waals surface area contributed by atoms with Crippen molar-refractivity contribution in [2.45, 2.75) is 38.2 Å². The van der Waals surface area contributed by atoms with E-state index >= 15 is 0 Å². The summed E-state index contributed by atoms with van der Waals surface area (Å²) in [6, 6.07) is 3.86. The SMILES string of the molecule is O=C([C@H]1CCCO1)N1CCc2ncnc(NCCc3ccco3)c2CC1. The number of amides is 1. The Bertz CT molecular complexity index is 741. The van der Waals surface area contributed by atoms with E-state index < -0.39 is 0 Å². The molecule has 0 unspecified atom stereocenters. The summed E-state index contributed by atoms with van der Waals surface area (Å²) in [5, 5.41) is 3.40. The summed E-state index contributed by atoms with van der Waals surface area (Å²) in [5.74, 6) is 1.94. The maximum Gasteiger partial charge on any atom is 0.251 e. The van der Waals surface area contributed by atoms with E-state index in [1.54, 1.807) is 12.6 Å². The highest BCUT2D eigenvalue weighted by Crippen LogP contribution is 2.22. The number of rotatable bonds is 5. The number of hydrogen-bond acceptors (Lipinski definition) is 6. The maximum atomic E-state index is 12.6. The van der Waals surface area contributed by atoms with E-state index in [1.165, 1.54) is 0 Å². The van der Waals surface area contributed by atoms with Crippen LogP contribution >= 0.6 is 0 Å². The minimum Gasteiger partial charge on any atom is -0.469 e. The Morgan fingerprint density at radius 1 is 1.31 bits per heavy atom. The van der Waals surface area contributed by atoms with Crippen LogP contribution in [-0.4, -0.2) is 53.1 Å². The van der Waals surface area contributed by atoms with Gasteiger partial charge in [-0.1, -0.05) is 0 Å². The lowest BCUT2D eigenvalue weighted by Crippen LogP contribution is -2.40. The van der Waals surface area contributed by atoms with Crippen molar-refractivity contribution in [2.75, 3.05) is 31.6 Å². The number of carbonyl (C=O) groups excluding carboxylic acids is 1. The van der Waals surface area contributed by atoms with Crippen LogP contribution in [0.4, 0.5) is 5.82 Å². The topological polar surface area (TPSA) is 80.5 Å². The molecular weight excluding hydrogens is 332 g/mol. The van der Waals surface area contributed by atoms with Crippen molar-refractivity contribution in [2.24, 2.45) is 0 Å². The summed E-state index contributed by atoms with van der Waals surface area (Å²) < 4.78 is 10.9. The number of ether oxygens (including phenoxy) is 1. The molecule has 2 aromatic rings. The molecule has 1 fully saturated rings. The Balaban J connectivity index is 1.40. The van der Waals surface area contributed by atoms with Crippen LogP contribution in [0.2, 0.25) is 0 Å². The second-order valence-electron chi connectivity index (χ2n) is 6.73. The highest BCUT2D eigenvalue weighted by atomic mass is 16.5. The van der Waals surface area contributed by atoms with Crippen molar-refractivity contribution >= 4 is 11.7 Å². The average molecular weight is 356 g/mol. The smallest absolute Gasteiger partial charge is 0.251 e. The lowest BCUT2D eigenvalue weighted by molar-refractivity contribution is -0.140. The molecule has 1 saturated heterocycles. The number of nitrogens with one attached hydrogen (secondary N) is 1. The molecule has 0 radical (unpaired) electrons. The van der Waals surface area contributed by atoms with Crippen molar-refractivity contribution in [3.8, 4) is 0 Å². The zero-order valence-corrected chi connectivity index (χ0v) is 14.8. The van der Waals surface area contributed by atoms with E-state index in [9.17, 15) is 4.79 Å². The molecule has 2 aliphatic heterocycles. The molecular formula is C19H24N4O3. The van der Waals surface area contributed by atoms with Gasteiger partial charge in [0.15, 0.2) is 0 Å². The predicted octanol–water partition coefficient (Wildman–Crippen LogP) is 1.83. The summed E-state index contributed by atoms with van der Waals surface area (Å²) in [7, 11) is 0. The molecule has 0 aromatic carbocycles. The zero-order valence-electron chi connectivity index (χ0n) is 14.8. The molecule has 4 heterocycles. The van der Waals surface area contributed by atoms with Crippen molar-refractivity contribution in [1.29, 1.82) is 0 Å². The van der Waals surface area contributed by atoms with Gasteiger partial charge in [-0.25, -0.2) is 9.97 Å². The number of aromatic nitrogens is 2. The molecule has 1 N–H and O–H groups in total. The lowest BCUT2D eigenvalue weighted by atomic mass is 10.1. The summed E-state index contributed by atoms with van der Waals surface area (Å²) in [6.07, 6.45) is 7.16. The number of nitrogens with zero attached hydrogens (tertiary/aromatic N) is 3. The third kappa shape index (κ3) is 3.72. The Hall–Kier alpha value is -2.41. The van der Waals surface area contributed by atoms with Gasteiger partial charge in [0.1, 0.15) is 24.0 Å². The zero-order chi connectivity index (χ0) is 17.8. The quantitative estimate of drug-likeness (QED) is 0.880. The van der Waals surface area contributed by atoms with Crippen molar-refractivity contribution in [3.63, 3.8) is 0 Å². The first kappa shape index (κ1) is 17.0. The van der Waals surface area contributed by atoms with Gasteiger partial charge in [0.25, 0.3) is 5.91 Å². The van der Waals surface area contributed by atoms with Gasteiger partial charge in [-0.3, -0.25) is 4.79 Å². The normalized spacial score (nSPS) is 19.8. The van der Waals surface area contributed by atoms with Gasteiger partial charge in [-0.15, -0.1) is 0 Å². The highest BCUT2D eigenvalue weighted by Gasteiger charge is 2.30. The maximum absolute atomic E-state index is 12.6. The highest BCUT2D eigenvalue weighted by molar-refractivity contribution is 5.81. The molecule has 0 spiro atoms. The Morgan fingerprint density at radius 2 is 2.23 bits per heavy atom. The van der Waals surface area contributed by atoms with Crippen LogP contribution in [0.1, 0.15) is 29.9 Å². The second kappa shape index (κ2) is 7.86. The van der Waals surface area contributed by atoms with Gasteiger partial charge < -0.3 is 19.4 Å². The van der Waals surface area contributed by atoms with Crippen molar-refractivity contribution in [1.82, 2.24) is 14.9 Å². The summed E-state index contributed by atoms with van der Waals surface area (Å²) in [4.78, 5) is 23.4. The van der Waals surface area contributed by atoms with Crippen LogP contribution in [0.5, 0.6) is 0 Å². The first-order valence-electron chi connectivity index (χ1n) is 9.30. The fraction of sp³-hybridized carbons (Fsp3) is 0.526. The van der Waals surface area contributed by atoms with Crippen molar-refractivity contribution < 1.29 is 13.9 Å². The second-order valence-corrected chi connectivity index (χ2v) is 6.73. The molecule has 2 aliphatic rings. The first-order valence-corrected chi connectivity index (χ1v) is 9.30. The van der Waals surface area contributed by atoms with E-state index in [1.807, 2.05) is 17.0 Å². The van der Waals surface area contributed by atoms with Gasteiger partial charge in [0, 0.05) is 44.6 Å². The van der Waals surface area contributed by atoms with Crippen LogP contribution in [0.25, 0.3) is 0 Å². The minimum absolute atomic E-state index is 0.121. The predicted molar refractivity (Wildman–Crippen MR) is 95.9 cm³/mol. The Morgan fingerprint density at radius 3 is 3.04 bits per heavy atom. The molecule has 4 rings (SSSR count). The Labute approximate surface area is 152 Å². The van der Waals surface area contributed by atoms with Crippen LogP contribution in [0.15, 0.2) is 29.1 Å². The molecule has 0 bridgehead atoms. The summed E-state index contributed by atoms with van der Waals surface area (Å²) in [5.41, 5.74) is 2.15. The van der Waals surface area contributed by atoms with E-state index in [4.69, 9.17) is 9.15 Å². The average Bonchev–Trinajstić information content (AvgIpc) is 3.33. The van der Waals surface area contributed by atoms with Crippen LogP contribution < -0.4 is 5.32 Å². The molecule has 138 valence electrons. The molecule has 26 heavy (non-hydrogen) atoms. The number of fused-ring (bicyclic) bond motifs is 1.